The van der Waals surface area contributed by atoms with Crippen LogP contribution in [-0.2, 0) is 23.7 Å². The second-order valence-corrected chi connectivity index (χ2v) is 13.0. The molecule has 9 heteroatoms. The molecular formula is C38H56O9. The van der Waals surface area contributed by atoms with E-state index in [1.165, 1.54) is 38.5 Å². The lowest BCUT2D eigenvalue weighted by molar-refractivity contribution is -0.373. The molecule has 2 aromatic rings. The van der Waals surface area contributed by atoms with E-state index in [2.05, 4.69) is 6.92 Å². The molecule has 0 saturated carbocycles. The second-order valence-electron chi connectivity index (χ2n) is 13.0. The number of aliphatic carboxylic acids is 1. The number of benzene rings is 2. The van der Waals surface area contributed by atoms with Gasteiger partial charge in [0.05, 0.1) is 19.3 Å². The summed E-state index contributed by atoms with van der Waals surface area (Å²) in [5.41, 5.74) is 1.64. The standard InChI is InChI=1S/C38H56O9/c1-2-3-4-14-21-30(22-15-9-7-5-6-8-10-16-24-34(41)42)44-31-23-17-20-29(25-31)38-45-33-27-43-37(28-18-12-11-13-19-28)47-36(33)35(46-38)32(40)26-39/h11-13,17-20,23,25,30,32-33,35-40H,2-10,14-16,21-22,24,26-27H2,1H3,(H,41,42)/t30-,32-,33+,35-,36-,37?,38?/m1/s1. The number of ether oxygens (including phenoxy) is 5. The summed E-state index contributed by atoms with van der Waals surface area (Å²) in [6.07, 6.45) is 11.4. The number of hydrogen-bond donors (Lipinski definition) is 3. The van der Waals surface area contributed by atoms with Crippen molar-refractivity contribution in [1.29, 1.82) is 0 Å². The molecule has 9 nitrogen and oxygen atoms in total. The minimum absolute atomic E-state index is 0.120. The van der Waals surface area contributed by atoms with E-state index < -0.39 is 49.6 Å². The van der Waals surface area contributed by atoms with Crippen LogP contribution >= 0.6 is 0 Å². The van der Waals surface area contributed by atoms with E-state index in [4.69, 9.17) is 28.8 Å². The fourth-order valence-corrected chi connectivity index (χ4v) is 6.42. The van der Waals surface area contributed by atoms with E-state index in [-0.39, 0.29) is 19.1 Å². The Morgan fingerprint density at radius 3 is 2.15 bits per heavy atom. The molecule has 262 valence electrons. The average molecular weight is 657 g/mol. The number of fused-ring (bicyclic) bond motifs is 1. The van der Waals surface area contributed by atoms with Crippen LogP contribution < -0.4 is 4.74 Å². The number of aliphatic hydroxyl groups excluding tert-OH is 2. The van der Waals surface area contributed by atoms with E-state index in [9.17, 15) is 15.0 Å². The summed E-state index contributed by atoms with van der Waals surface area (Å²) in [6.45, 7) is 2.02. The molecule has 2 aromatic carbocycles. The number of hydrogen-bond acceptors (Lipinski definition) is 8. The smallest absolute Gasteiger partial charge is 0.303 e. The number of unbranched alkanes of at least 4 members (excludes halogenated alkanes) is 10. The maximum atomic E-state index is 10.7. The molecule has 0 bridgehead atoms. The first-order valence-corrected chi connectivity index (χ1v) is 17.9. The van der Waals surface area contributed by atoms with Crippen LogP contribution in [0.15, 0.2) is 54.6 Å². The highest BCUT2D eigenvalue weighted by molar-refractivity contribution is 5.66. The number of aliphatic hydroxyl groups is 2. The van der Waals surface area contributed by atoms with Crippen LogP contribution in [0.4, 0.5) is 0 Å². The molecule has 0 aliphatic carbocycles. The van der Waals surface area contributed by atoms with E-state index in [1.54, 1.807) is 0 Å². The fraction of sp³-hybridized carbons (Fsp3) is 0.658. The summed E-state index contributed by atoms with van der Waals surface area (Å²) in [5.74, 6) is 0.0591. The number of rotatable bonds is 22. The van der Waals surface area contributed by atoms with Gasteiger partial charge in [-0.2, -0.15) is 0 Å². The lowest BCUT2D eigenvalue weighted by Crippen LogP contribution is -2.58. The predicted molar refractivity (Wildman–Crippen MR) is 179 cm³/mol. The molecule has 0 aromatic heterocycles. The van der Waals surface area contributed by atoms with Gasteiger partial charge in [-0.25, -0.2) is 0 Å². The molecule has 2 aliphatic rings. The third-order valence-electron chi connectivity index (χ3n) is 9.08. The van der Waals surface area contributed by atoms with Crippen molar-refractivity contribution in [3.05, 3.63) is 65.7 Å². The van der Waals surface area contributed by atoms with Crippen LogP contribution in [0.3, 0.4) is 0 Å². The quantitative estimate of drug-likeness (QED) is 0.110. The van der Waals surface area contributed by atoms with Crippen molar-refractivity contribution < 1.29 is 43.8 Å². The van der Waals surface area contributed by atoms with Gasteiger partial charge in [-0.15, -0.1) is 0 Å². The van der Waals surface area contributed by atoms with Crippen LogP contribution in [-0.4, -0.2) is 65.0 Å². The zero-order valence-corrected chi connectivity index (χ0v) is 28.0. The predicted octanol–water partition coefficient (Wildman–Crippen LogP) is 7.64. The Bertz CT molecular complexity index is 1140. The zero-order valence-electron chi connectivity index (χ0n) is 28.0. The van der Waals surface area contributed by atoms with Gasteiger partial charge in [0, 0.05) is 17.5 Å². The van der Waals surface area contributed by atoms with E-state index in [0.717, 1.165) is 68.2 Å². The molecule has 0 spiro atoms. The highest BCUT2D eigenvalue weighted by atomic mass is 16.8. The first kappa shape index (κ1) is 37.3. The minimum atomic E-state index is -1.15. The average Bonchev–Trinajstić information content (AvgIpc) is 3.10. The lowest BCUT2D eigenvalue weighted by atomic mass is 9.99. The van der Waals surface area contributed by atoms with Crippen LogP contribution in [0, 0.1) is 0 Å². The first-order chi connectivity index (χ1) is 23.0. The normalized spacial score (nSPS) is 23.9. The van der Waals surface area contributed by atoms with E-state index in [0.29, 0.717) is 0 Å². The van der Waals surface area contributed by atoms with E-state index in [1.807, 2.05) is 54.6 Å². The van der Waals surface area contributed by atoms with Crippen molar-refractivity contribution in [1.82, 2.24) is 0 Å². The molecule has 0 amide bonds. The highest BCUT2D eigenvalue weighted by Gasteiger charge is 2.48. The summed E-state index contributed by atoms with van der Waals surface area (Å²) in [5, 5.41) is 29.4. The molecule has 7 atom stereocenters. The van der Waals surface area contributed by atoms with Crippen molar-refractivity contribution in [2.24, 2.45) is 0 Å². The fourth-order valence-electron chi connectivity index (χ4n) is 6.42. The van der Waals surface area contributed by atoms with Gasteiger partial charge in [0.25, 0.3) is 0 Å². The zero-order chi connectivity index (χ0) is 33.3. The summed E-state index contributed by atoms with van der Waals surface area (Å²) >= 11 is 0. The molecule has 2 aliphatic heterocycles. The van der Waals surface area contributed by atoms with Gasteiger partial charge in [-0.1, -0.05) is 107 Å². The molecule has 47 heavy (non-hydrogen) atoms. The van der Waals surface area contributed by atoms with Crippen molar-refractivity contribution >= 4 is 5.97 Å². The van der Waals surface area contributed by atoms with E-state index >= 15 is 0 Å². The van der Waals surface area contributed by atoms with Gasteiger partial charge in [-0.3, -0.25) is 4.79 Å². The van der Waals surface area contributed by atoms with Gasteiger partial charge >= 0.3 is 5.97 Å². The lowest BCUT2D eigenvalue weighted by Gasteiger charge is -2.47. The molecule has 4 rings (SSSR count). The maximum Gasteiger partial charge on any atom is 0.303 e. The van der Waals surface area contributed by atoms with Crippen LogP contribution in [0.1, 0.15) is 127 Å². The molecule has 3 N–H and O–H groups in total. The van der Waals surface area contributed by atoms with Crippen LogP contribution in [0.25, 0.3) is 0 Å². The topological polar surface area (TPSA) is 124 Å². The molecule has 2 unspecified atom stereocenters. The minimum Gasteiger partial charge on any atom is -0.490 e. The van der Waals surface area contributed by atoms with Gasteiger partial charge in [0.1, 0.15) is 30.2 Å². The van der Waals surface area contributed by atoms with Gasteiger partial charge < -0.3 is 39.0 Å². The van der Waals surface area contributed by atoms with Gasteiger partial charge in [0.15, 0.2) is 12.6 Å². The molecule has 2 fully saturated rings. The summed E-state index contributed by atoms with van der Waals surface area (Å²) in [4.78, 5) is 10.7. The monoisotopic (exact) mass is 656 g/mol. The Morgan fingerprint density at radius 2 is 1.47 bits per heavy atom. The summed E-state index contributed by atoms with van der Waals surface area (Å²) < 4.78 is 31.4. The third kappa shape index (κ3) is 12.5. The van der Waals surface area contributed by atoms with Gasteiger partial charge in [0.2, 0.25) is 0 Å². The summed E-state index contributed by atoms with van der Waals surface area (Å²) in [6, 6.07) is 17.4. The van der Waals surface area contributed by atoms with Crippen molar-refractivity contribution in [2.75, 3.05) is 13.2 Å². The SMILES string of the molecule is CCCCCC[C@H](CCCCCCCCCCC(=O)O)Oc1cccc(C2O[C@H]([C@H](O)CO)[C@@H]3OC(c4ccccc4)OC[C@@H]3O2)c1. The number of carbonyl (C=O) groups is 1. The van der Waals surface area contributed by atoms with Crippen molar-refractivity contribution in [2.45, 2.75) is 146 Å². The second kappa shape index (κ2) is 20.8. The molecule has 0 radical (unpaired) electrons. The van der Waals surface area contributed by atoms with Crippen LogP contribution in [0.5, 0.6) is 5.75 Å². The Morgan fingerprint density at radius 1 is 0.809 bits per heavy atom. The Hall–Kier alpha value is -2.53. The Labute approximate surface area is 280 Å². The van der Waals surface area contributed by atoms with Crippen LogP contribution in [0.2, 0.25) is 0 Å². The number of carboxylic acids is 1. The van der Waals surface area contributed by atoms with Gasteiger partial charge in [-0.05, 0) is 44.2 Å². The molecule has 2 heterocycles. The molecule has 2 saturated heterocycles. The maximum absolute atomic E-state index is 10.7. The van der Waals surface area contributed by atoms with Crippen molar-refractivity contribution in [3.63, 3.8) is 0 Å². The molecular weight excluding hydrogens is 600 g/mol. The van der Waals surface area contributed by atoms with Crippen molar-refractivity contribution in [3.8, 4) is 5.75 Å². The highest BCUT2D eigenvalue weighted by Crippen LogP contribution is 2.39. The Balaban J connectivity index is 1.31. The third-order valence-corrected chi connectivity index (χ3v) is 9.08. The Kier molecular flexibility index (Phi) is 16.5. The first-order valence-electron chi connectivity index (χ1n) is 17.9. The largest absolute Gasteiger partial charge is 0.490 e. The summed E-state index contributed by atoms with van der Waals surface area (Å²) in [7, 11) is 0. The number of carboxylic acid groups (broad SMARTS) is 1.